The van der Waals surface area contributed by atoms with Crippen molar-refractivity contribution < 1.29 is 0 Å². The number of nitrogens with zero attached hydrogens (tertiary/aromatic N) is 5. The predicted molar refractivity (Wildman–Crippen MR) is 264 cm³/mol. The summed E-state index contributed by atoms with van der Waals surface area (Å²) in [6.07, 6.45) is 11.9. The second-order valence-electron chi connectivity index (χ2n) is 18.3. The van der Waals surface area contributed by atoms with E-state index in [9.17, 15) is 0 Å². The maximum absolute atomic E-state index is 2.48. The topological polar surface area (TPSA) is 24.6 Å². The summed E-state index contributed by atoms with van der Waals surface area (Å²) in [5, 5.41) is 0. The molecule has 320 valence electrons. The monoisotopic (exact) mass is 845 g/mol. The highest BCUT2D eigenvalue weighted by Crippen LogP contribution is 2.45. The molecule has 5 unspecified atom stereocenters. The van der Waals surface area contributed by atoms with Gasteiger partial charge in [0.05, 0.1) is 23.7 Å². The Labute approximate surface area is 383 Å². The van der Waals surface area contributed by atoms with Crippen LogP contribution in [-0.4, -0.2) is 22.8 Å². The molecule has 0 radical (unpaired) electrons. The first-order valence-electron chi connectivity index (χ1n) is 22.9. The van der Waals surface area contributed by atoms with Crippen LogP contribution in [0.15, 0.2) is 213 Å². The molecule has 5 atom stereocenters. The quantitative estimate of drug-likeness (QED) is 0.165. The first kappa shape index (κ1) is 40.3. The van der Waals surface area contributed by atoms with E-state index in [1.807, 2.05) is 0 Å². The van der Waals surface area contributed by atoms with Crippen molar-refractivity contribution in [2.75, 3.05) is 0 Å². The van der Waals surface area contributed by atoms with E-state index in [4.69, 9.17) is 0 Å². The number of fused-ring (bicyclic) bond motifs is 10. The SMILES string of the molecule is Cn1cc2cc1C(c1ccccc1)c1cc(n(C)c1)C(c1ccccc1)c1cc(n(C)c1)C(c1ccccc1)c1cc(n(C)c1)C(c1ccccc1)c1cc(cn1C)C2c1ccccc1. The smallest absolute Gasteiger partial charge is 0.0645 e. The van der Waals surface area contributed by atoms with E-state index in [1.54, 1.807) is 0 Å². The van der Waals surface area contributed by atoms with Crippen molar-refractivity contribution in [3.8, 4) is 0 Å². The van der Waals surface area contributed by atoms with E-state index in [0.717, 1.165) is 0 Å². The van der Waals surface area contributed by atoms with Crippen LogP contribution in [0.25, 0.3) is 0 Å². The summed E-state index contributed by atoms with van der Waals surface area (Å²) in [6, 6.07) is 67.7. The second-order valence-corrected chi connectivity index (χ2v) is 18.3. The van der Waals surface area contributed by atoms with Gasteiger partial charge in [-0.05, 0) is 86.0 Å². The van der Waals surface area contributed by atoms with Gasteiger partial charge in [0.2, 0.25) is 0 Å². The Balaban J connectivity index is 1.22. The third-order valence-electron chi connectivity index (χ3n) is 14.1. The van der Waals surface area contributed by atoms with Crippen LogP contribution >= 0.6 is 0 Å². The fourth-order valence-corrected chi connectivity index (χ4v) is 11.2. The largest absolute Gasteiger partial charge is 0.353 e. The van der Waals surface area contributed by atoms with Gasteiger partial charge < -0.3 is 22.8 Å². The van der Waals surface area contributed by atoms with Gasteiger partial charge >= 0.3 is 0 Å². The van der Waals surface area contributed by atoms with E-state index in [2.05, 4.69) is 271 Å². The van der Waals surface area contributed by atoms with Gasteiger partial charge in [0.15, 0.2) is 0 Å². The summed E-state index contributed by atoms with van der Waals surface area (Å²) < 4.78 is 11.9. The summed E-state index contributed by atoms with van der Waals surface area (Å²) in [4.78, 5) is 0. The molecule has 1 aliphatic rings. The Morgan fingerprint density at radius 3 is 0.646 bits per heavy atom. The fraction of sp³-hybridized carbons (Fsp3) is 0.167. The molecule has 0 saturated carbocycles. The highest BCUT2D eigenvalue weighted by atomic mass is 15.0. The fourth-order valence-electron chi connectivity index (χ4n) is 11.2. The van der Waals surface area contributed by atoms with E-state index < -0.39 is 0 Å². The summed E-state index contributed by atoms with van der Waals surface area (Å²) >= 11 is 0. The Bertz CT molecular complexity index is 3220. The zero-order chi connectivity index (χ0) is 44.2. The van der Waals surface area contributed by atoms with E-state index in [1.165, 1.54) is 84.1 Å². The summed E-state index contributed by atoms with van der Waals surface area (Å²) in [5.41, 5.74) is 19.0. The molecule has 5 aromatic heterocycles. The molecule has 0 fully saturated rings. The molecular formula is C60H55N5. The summed E-state index contributed by atoms with van der Waals surface area (Å²) in [7, 11) is 11.1. The van der Waals surface area contributed by atoms with Gasteiger partial charge in [-0.1, -0.05) is 152 Å². The molecule has 65 heavy (non-hydrogen) atoms. The van der Waals surface area contributed by atoms with Gasteiger partial charge in [-0.3, -0.25) is 0 Å². The van der Waals surface area contributed by atoms with Crippen molar-refractivity contribution in [2.45, 2.75) is 29.6 Å². The average molecular weight is 846 g/mol. The van der Waals surface area contributed by atoms with Crippen LogP contribution in [0, 0.1) is 0 Å². The van der Waals surface area contributed by atoms with Crippen LogP contribution in [0.1, 0.15) is 114 Å². The minimum Gasteiger partial charge on any atom is -0.353 e. The number of benzene rings is 5. The van der Waals surface area contributed by atoms with Crippen LogP contribution in [0.5, 0.6) is 0 Å². The van der Waals surface area contributed by atoms with Gasteiger partial charge in [-0.2, -0.15) is 0 Å². The minimum absolute atomic E-state index is 0.000898. The van der Waals surface area contributed by atoms with Crippen molar-refractivity contribution in [1.82, 2.24) is 22.8 Å². The molecular weight excluding hydrogens is 791 g/mol. The number of rotatable bonds is 5. The molecule has 5 heterocycles. The summed E-state index contributed by atoms with van der Waals surface area (Å²) in [6.45, 7) is 0. The molecule has 0 aliphatic heterocycles. The predicted octanol–water partition coefficient (Wildman–Crippen LogP) is 12.6. The molecule has 0 amide bonds. The van der Waals surface area contributed by atoms with Crippen LogP contribution < -0.4 is 0 Å². The maximum Gasteiger partial charge on any atom is 0.0645 e. The Morgan fingerprint density at radius 1 is 0.215 bits per heavy atom. The first-order chi connectivity index (χ1) is 31.8. The van der Waals surface area contributed by atoms with Gasteiger partial charge in [0, 0.05) is 101 Å². The molecule has 5 aromatic carbocycles. The normalized spacial score (nSPS) is 18.4. The van der Waals surface area contributed by atoms with Crippen molar-refractivity contribution in [3.63, 3.8) is 0 Å². The molecule has 0 N–H and O–H groups in total. The van der Waals surface area contributed by atoms with Crippen LogP contribution in [0.3, 0.4) is 0 Å². The zero-order valence-electron chi connectivity index (χ0n) is 37.8. The van der Waals surface area contributed by atoms with Gasteiger partial charge in [0.1, 0.15) is 0 Å². The molecule has 5 nitrogen and oxygen atoms in total. The summed E-state index contributed by atoms with van der Waals surface area (Å²) in [5.74, 6) is -0.00644. The number of hydrogen-bond donors (Lipinski definition) is 0. The van der Waals surface area contributed by atoms with Crippen LogP contribution in [-0.2, 0) is 35.2 Å². The molecule has 10 bridgehead atoms. The Morgan fingerprint density at radius 2 is 0.400 bits per heavy atom. The number of aromatic nitrogens is 5. The van der Waals surface area contributed by atoms with E-state index in [-0.39, 0.29) is 29.6 Å². The third-order valence-corrected chi connectivity index (χ3v) is 14.1. The van der Waals surface area contributed by atoms with Gasteiger partial charge in [0.25, 0.3) is 0 Å². The van der Waals surface area contributed by atoms with Gasteiger partial charge in [-0.15, -0.1) is 0 Å². The average Bonchev–Trinajstić information content (AvgIpc) is 4.17. The third kappa shape index (κ3) is 7.22. The van der Waals surface area contributed by atoms with E-state index in [0.29, 0.717) is 0 Å². The highest BCUT2D eigenvalue weighted by Gasteiger charge is 2.33. The molecule has 1 aliphatic carbocycles. The lowest BCUT2D eigenvalue weighted by Gasteiger charge is -2.20. The minimum atomic E-state index is -0.0163. The van der Waals surface area contributed by atoms with Crippen molar-refractivity contribution in [3.05, 3.63) is 297 Å². The molecule has 10 aromatic rings. The number of hydrogen-bond acceptors (Lipinski definition) is 0. The van der Waals surface area contributed by atoms with E-state index >= 15 is 0 Å². The highest BCUT2D eigenvalue weighted by molar-refractivity contribution is 5.54. The maximum atomic E-state index is 2.48. The van der Waals surface area contributed by atoms with Crippen molar-refractivity contribution >= 4 is 0 Å². The number of aryl methyl sites for hydroxylation is 5. The molecule has 11 rings (SSSR count). The lowest BCUT2D eigenvalue weighted by molar-refractivity contribution is 0.734. The van der Waals surface area contributed by atoms with Crippen molar-refractivity contribution in [2.24, 2.45) is 35.2 Å². The second kappa shape index (κ2) is 16.6. The zero-order valence-corrected chi connectivity index (χ0v) is 37.8. The Kier molecular flexibility index (Phi) is 10.3. The molecule has 5 heteroatoms. The standard InChI is InChI=1S/C60H55N5/c1-61-36-46-31-51(61)57(42-23-13-7-14-24-42)48-33-52(62(2)38-48)58(43-25-15-8-16-26-43)49-34-53(63(3)39-49)59(44-27-17-9-18-28-44)50-35-55(65(5)40-50)60(45-29-19-10-20-30-45)54-32-47(37-64(54)4)56(46)41-21-11-6-12-22-41/h6-40,56-60H,1-5H3. The molecule has 0 spiro atoms. The molecule has 0 saturated heterocycles. The lowest BCUT2D eigenvalue weighted by Crippen LogP contribution is -2.11. The van der Waals surface area contributed by atoms with Crippen LogP contribution in [0.4, 0.5) is 0 Å². The van der Waals surface area contributed by atoms with Crippen molar-refractivity contribution in [1.29, 1.82) is 0 Å². The van der Waals surface area contributed by atoms with Gasteiger partial charge in [-0.25, -0.2) is 0 Å². The Hall–Kier alpha value is -7.50. The van der Waals surface area contributed by atoms with Crippen LogP contribution in [0.2, 0.25) is 0 Å². The first-order valence-corrected chi connectivity index (χ1v) is 22.9. The lowest BCUT2D eigenvalue weighted by atomic mass is 9.84.